The second-order valence-electron chi connectivity index (χ2n) is 4.87. The minimum absolute atomic E-state index is 0.110. The van der Waals surface area contributed by atoms with Crippen molar-refractivity contribution in [3.63, 3.8) is 0 Å². The lowest BCUT2D eigenvalue weighted by Crippen LogP contribution is -2.29. The smallest absolute Gasteiger partial charge is 0.170 e. The lowest BCUT2D eigenvalue weighted by molar-refractivity contribution is 0.629. The largest absolute Gasteiger partial charge is 0.362 e. The first kappa shape index (κ1) is 15.3. The number of rotatable bonds is 4. The number of nitrogens with one attached hydrogen (secondary N) is 2. The summed E-state index contributed by atoms with van der Waals surface area (Å²) in [6, 6.07) is 4.54. The lowest BCUT2D eigenvalue weighted by atomic mass is 9.97. The fraction of sp³-hybridized carbons (Fsp3) is 0.400. The minimum Gasteiger partial charge on any atom is -0.362 e. The summed E-state index contributed by atoms with van der Waals surface area (Å²) >= 11 is 10.8. The van der Waals surface area contributed by atoms with Crippen LogP contribution in [0, 0.1) is 5.82 Å². The lowest BCUT2D eigenvalue weighted by Gasteiger charge is -2.14. The topological polar surface area (TPSA) is 24.1 Å². The van der Waals surface area contributed by atoms with Crippen LogP contribution in [0.4, 0.5) is 10.1 Å². The quantitative estimate of drug-likeness (QED) is 0.625. The van der Waals surface area contributed by atoms with Crippen LogP contribution in [-0.2, 0) is 0 Å². The molecule has 2 N–H and O–H groups in total. The van der Waals surface area contributed by atoms with Crippen molar-refractivity contribution in [2.45, 2.75) is 32.1 Å². The van der Waals surface area contributed by atoms with Gasteiger partial charge in [0, 0.05) is 12.2 Å². The molecule has 5 heteroatoms. The van der Waals surface area contributed by atoms with E-state index in [1.165, 1.54) is 43.4 Å². The van der Waals surface area contributed by atoms with E-state index in [1.807, 2.05) is 0 Å². The number of thiocarbonyl (C=S) groups is 1. The van der Waals surface area contributed by atoms with Gasteiger partial charge in [-0.25, -0.2) is 4.39 Å². The molecule has 0 saturated carbocycles. The molecule has 20 heavy (non-hydrogen) atoms. The highest BCUT2D eigenvalue weighted by molar-refractivity contribution is 7.80. The molecule has 0 atom stereocenters. The molecule has 1 aromatic carbocycles. The van der Waals surface area contributed by atoms with Gasteiger partial charge in [-0.1, -0.05) is 23.3 Å². The number of anilines is 1. The predicted molar refractivity (Wildman–Crippen MR) is 86.8 cm³/mol. The third-order valence-electron chi connectivity index (χ3n) is 3.29. The van der Waals surface area contributed by atoms with Crippen molar-refractivity contribution in [2.24, 2.45) is 0 Å². The van der Waals surface area contributed by atoms with Crippen molar-refractivity contribution >= 4 is 34.6 Å². The number of benzene rings is 1. The standard InChI is InChI=1S/C15H18ClFN2S/c16-13-7-6-12(10-14(13)17)19-15(20)18-9-8-11-4-2-1-3-5-11/h4,6-7,10H,1-3,5,8-9H2,(H2,18,19,20). The molecule has 0 fully saturated rings. The SMILES string of the molecule is Fc1cc(NC(=S)NCCC2=CCCCC2)ccc1Cl. The summed E-state index contributed by atoms with van der Waals surface area (Å²) in [4.78, 5) is 0. The zero-order valence-electron chi connectivity index (χ0n) is 11.2. The van der Waals surface area contributed by atoms with Crippen molar-refractivity contribution < 1.29 is 4.39 Å². The molecule has 0 unspecified atom stereocenters. The highest BCUT2D eigenvalue weighted by atomic mass is 35.5. The van der Waals surface area contributed by atoms with E-state index in [1.54, 1.807) is 6.07 Å². The van der Waals surface area contributed by atoms with Gasteiger partial charge in [0.25, 0.3) is 0 Å². The number of halogens is 2. The summed E-state index contributed by atoms with van der Waals surface area (Å²) in [5, 5.41) is 6.70. The van der Waals surface area contributed by atoms with Crippen LogP contribution in [0.5, 0.6) is 0 Å². The maximum Gasteiger partial charge on any atom is 0.170 e. The Morgan fingerprint density at radius 3 is 2.90 bits per heavy atom. The van der Waals surface area contributed by atoms with E-state index in [9.17, 15) is 4.39 Å². The van der Waals surface area contributed by atoms with E-state index in [2.05, 4.69) is 16.7 Å². The molecular weight excluding hydrogens is 295 g/mol. The molecule has 0 aliphatic heterocycles. The Bertz CT molecular complexity index is 517. The highest BCUT2D eigenvalue weighted by Crippen LogP contribution is 2.20. The Morgan fingerprint density at radius 1 is 1.35 bits per heavy atom. The fourth-order valence-corrected chi connectivity index (χ4v) is 2.55. The number of allylic oxidation sites excluding steroid dienone is 1. The number of hydrogen-bond donors (Lipinski definition) is 2. The van der Waals surface area contributed by atoms with E-state index >= 15 is 0 Å². The monoisotopic (exact) mass is 312 g/mol. The molecule has 0 heterocycles. The van der Waals surface area contributed by atoms with Crippen LogP contribution in [0.2, 0.25) is 5.02 Å². The van der Waals surface area contributed by atoms with Gasteiger partial charge in [0.15, 0.2) is 5.11 Å². The van der Waals surface area contributed by atoms with Crippen LogP contribution in [0.25, 0.3) is 0 Å². The molecule has 2 nitrogen and oxygen atoms in total. The van der Waals surface area contributed by atoms with E-state index in [-0.39, 0.29) is 5.02 Å². The Morgan fingerprint density at radius 2 is 2.20 bits per heavy atom. The van der Waals surface area contributed by atoms with Gasteiger partial charge in [0.1, 0.15) is 5.82 Å². The van der Waals surface area contributed by atoms with Crippen LogP contribution in [0.15, 0.2) is 29.8 Å². The Balaban J connectivity index is 1.74. The first-order valence-electron chi connectivity index (χ1n) is 6.83. The van der Waals surface area contributed by atoms with Gasteiger partial charge in [-0.2, -0.15) is 0 Å². The van der Waals surface area contributed by atoms with Crippen LogP contribution >= 0.6 is 23.8 Å². The zero-order chi connectivity index (χ0) is 14.4. The van der Waals surface area contributed by atoms with Crippen molar-refractivity contribution in [1.82, 2.24) is 5.32 Å². The molecular formula is C15H18ClFN2S. The van der Waals surface area contributed by atoms with Gasteiger partial charge in [0.2, 0.25) is 0 Å². The molecule has 0 aromatic heterocycles. The molecule has 1 aliphatic carbocycles. The number of hydrogen-bond acceptors (Lipinski definition) is 1. The molecule has 0 bridgehead atoms. The summed E-state index contributed by atoms with van der Waals surface area (Å²) in [5.74, 6) is -0.452. The van der Waals surface area contributed by atoms with Crippen LogP contribution in [-0.4, -0.2) is 11.7 Å². The zero-order valence-corrected chi connectivity index (χ0v) is 12.8. The third-order valence-corrected chi connectivity index (χ3v) is 3.85. The fourth-order valence-electron chi connectivity index (χ4n) is 2.22. The van der Waals surface area contributed by atoms with Crippen LogP contribution in [0.3, 0.4) is 0 Å². The van der Waals surface area contributed by atoms with Crippen molar-refractivity contribution in [3.05, 3.63) is 40.7 Å². The average Bonchev–Trinajstić information content (AvgIpc) is 2.44. The Kier molecular flexibility index (Phi) is 5.80. The Hall–Kier alpha value is -1.13. The van der Waals surface area contributed by atoms with Gasteiger partial charge in [-0.05, 0) is 62.5 Å². The molecule has 0 saturated heterocycles. The van der Waals surface area contributed by atoms with E-state index in [0.717, 1.165) is 13.0 Å². The van der Waals surface area contributed by atoms with Gasteiger partial charge in [-0.3, -0.25) is 0 Å². The van der Waals surface area contributed by atoms with Crippen molar-refractivity contribution in [3.8, 4) is 0 Å². The predicted octanol–water partition coefficient (Wildman–Crippen LogP) is 4.66. The van der Waals surface area contributed by atoms with Gasteiger partial charge in [-0.15, -0.1) is 0 Å². The van der Waals surface area contributed by atoms with E-state index in [4.69, 9.17) is 23.8 Å². The van der Waals surface area contributed by atoms with Gasteiger partial charge < -0.3 is 10.6 Å². The highest BCUT2D eigenvalue weighted by Gasteiger charge is 2.05. The van der Waals surface area contributed by atoms with Gasteiger partial charge >= 0.3 is 0 Å². The van der Waals surface area contributed by atoms with E-state index < -0.39 is 5.82 Å². The summed E-state index contributed by atoms with van der Waals surface area (Å²) in [7, 11) is 0. The third kappa shape index (κ3) is 4.76. The van der Waals surface area contributed by atoms with Crippen molar-refractivity contribution in [2.75, 3.05) is 11.9 Å². The Labute approximate surface area is 129 Å². The second-order valence-corrected chi connectivity index (χ2v) is 5.68. The average molecular weight is 313 g/mol. The molecule has 108 valence electrons. The summed E-state index contributed by atoms with van der Waals surface area (Å²) < 4.78 is 13.3. The first-order chi connectivity index (χ1) is 9.65. The molecule has 0 radical (unpaired) electrons. The van der Waals surface area contributed by atoms with Gasteiger partial charge in [0.05, 0.1) is 5.02 Å². The molecule has 0 spiro atoms. The maximum absolute atomic E-state index is 13.3. The summed E-state index contributed by atoms with van der Waals surface area (Å²) in [6.07, 6.45) is 8.33. The molecule has 0 amide bonds. The normalized spacial score (nSPS) is 14.6. The summed E-state index contributed by atoms with van der Waals surface area (Å²) in [6.45, 7) is 0.799. The van der Waals surface area contributed by atoms with Crippen molar-refractivity contribution in [1.29, 1.82) is 0 Å². The van der Waals surface area contributed by atoms with E-state index in [0.29, 0.717) is 10.8 Å². The molecule has 1 aliphatic rings. The second kappa shape index (κ2) is 7.60. The van der Waals surface area contributed by atoms with Crippen LogP contribution < -0.4 is 10.6 Å². The van der Waals surface area contributed by atoms with Crippen LogP contribution in [0.1, 0.15) is 32.1 Å². The first-order valence-corrected chi connectivity index (χ1v) is 7.61. The minimum atomic E-state index is -0.452. The molecule has 1 aromatic rings. The molecule has 2 rings (SSSR count). The summed E-state index contributed by atoms with van der Waals surface area (Å²) in [5.41, 5.74) is 2.10. The maximum atomic E-state index is 13.3.